The van der Waals surface area contributed by atoms with Crippen molar-refractivity contribution < 1.29 is 23.5 Å². The van der Waals surface area contributed by atoms with Gasteiger partial charge in [0.25, 0.3) is 0 Å². The van der Waals surface area contributed by atoms with E-state index < -0.39 is 12.0 Å². The first kappa shape index (κ1) is 23.6. The second-order valence-electron chi connectivity index (χ2n) is 7.74. The van der Waals surface area contributed by atoms with E-state index in [1.807, 2.05) is 34.6 Å². The van der Waals surface area contributed by atoms with Gasteiger partial charge in [0, 0.05) is 12.2 Å². The maximum absolute atomic E-state index is 13.1. The molecule has 0 aromatic heterocycles. The van der Waals surface area contributed by atoms with Crippen molar-refractivity contribution >= 4 is 28.8 Å². The molecule has 4 rings (SSSR count). The Morgan fingerprint density at radius 3 is 2.47 bits per heavy atom. The van der Waals surface area contributed by atoms with Crippen molar-refractivity contribution in [1.29, 1.82) is 0 Å². The number of esters is 1. The van der Waals surface area contributed by atoms with Crippen molar-refractivity contribution in [2.75, 3.05) is 14.2 Å². The number of allylic oxidation sites excluding steroid dienone is 1. The van der Waals surface area contributed by atoms with Crippen LogP contribution in [0.1, 0.15) is 30.5 Å². The Morgan fingerprint density at radius 1 is 1.12 bits per heavy atom. The van der Waals surface area contributed by atoms with Crippen LogP contribution in [-0.4, -0.2) is 36.2 Å². The molecule has 7 nitrogen and oxygen atoms in total. The minimum atomic E-state index is -0.503. The predicted octanol–water partition coefficient (Wildman–Crippen LogP) is 4.29. The van der Waals surface area contributed by atoms with Gasteiger partial charge in [0.2, 0.25) is 5.91 Å². The number of ether oxygens (including phenoxy) is 2. The van der Waals surface area contributed by atoms with Crippen molar-refractivity contribution in [2.24, 2.45) is 4.99 Å². The standard InChI is InChI=1S/C25H24FN3O4S/c1-15-22(24(31)33-3)23(17-6-10-20(32-2)11-7-17)29-19(14-34-25(29)28-15)12-21(30)27-13-16-4-8-18(26)9-5-16/h4-11,14,23H,12-13H2,1-3H3,(H,27,30)/t23-/m0/s1. The third-order valence-corrected chi connectivity index (χ3v) is 6.47. The summed E-state index contributed by atoms with van der Waals surface area (Å²) >= 11 is 1.40. The van der Waals surface area contributed by atoms with E-state index in [1.165, 1.54) is 31.0 Å². The van der Waals surface area contributed by atoms with Crippen molar-refractivity contribution in [3.05, 3.63) is 87.9 Å². The van der Waals surface area contributed by atoms with Crippen molar-refractivity contribution in [3.8, 4) is 5.75 Å². The van der Waals surface area contributed by atoms with Gasteiger partial charge < -0.3 is 19.7 Å². The summed E-state index contributed by atoms with van der Waals surface area (Å²) < 4.78 is 23.5. The molecule has 176 valence electrons. The topological polar surface area (TPSA) is 80.2 Å². The highest BCUT2D eigenvalue weighted by Crippen LogP contribution is 2.45. The smallest absolute Gasteiger partial charge is 0.338 e. The first-order valence-electron chi connectivity index (χ1n) is 10.6. The van der Waals surface area contributed by atoms with Crippen LogP contribution in [0.25, 0.3) is 0 Å². The largest absolute Gasteiger partial charge is 0.497 e. The van der Waals surface area contributed by atoms with Crippen LogP contribution >= 0.6 is 11.8 Å². The molecule has 2 aromatic rings. The van der Waals surface area contributed by atoms with E-state index in [2.05, 4.69) is 10.3 Å². The van der Waals surface area contributed by atoms with E-state index in [1.54, 1.807) is 26.2 Å². The Hall–Kier alpha value is -3.59. The van der Waals surface area contributed by atoms with Crippen LogP contribution in [0, 0.1) is 5.82 Å². The molecule has 1 atom stereocenters. The summed E-state index contributed by atoms with van der Waals surface area (Å²) in [6.45, 7) is 2.07. The fraction of sp³-hybridized carbons (Fsp3) is 0.240. The number of carbonyl (C=O) groups is 2. The lowest BCUT2D eigenvalue weighted by atomic mass is 9.94. The van der Waals surface area contributed by atoms with Gasteiger partial charge in [-0.3, -0.25) is 4.79 Å². The van der Waals surface area contributed by atoms with Crippen LogP contribution in [-0.2, 0) is 20.9 Å². The van der Waals surface area contributed by atoms with Crippen molar-refractivity contribution in [2.45, 2.75) is 25.9 Å². The molecule has 9 heteroatoms. The highest BCUT2D eigenvalue weighted by molar-refractivity contribution is 8.16. The summed E-state index contributed by atoms with van der Waals surface area (Å²) in [6, 6.07) is 12.9. The lowest BCUT2D eigenvalue weighted by Crippen LogP contribution is -2.37. The molecule has 0 aliphatic carbocycles. The lowest BCUT2D eigenvalue weighted by molar-refractivity contribution is -0.136. The van der Waals surface area contributed by atoms with Crippen LogP contribution in [0.15, 0.2) is 75.9 Å². The Kier molecular flexibility index (Phi) is 7.02. The third kappa shape index (κ3) is 4.84. The van der Waals surface area contributed by atoms with E-state index in [4.69, 9.17) is 9.47 Å². The van der Waals surface area contributed by atoms with Crippen LogP contribution in [0.5, 0.6) is 5.75 Å². The molecule has 34 heavy (non-hydrogen) atoms. The SMILES string of the molecule is COC(=O)C1=C(C)N=C2SC=C(CC(=O)NCc3ccc(F)cc3)N2[C@H]1c1ccc(OC)cc1. The van der Waals surface area contributed by atoms with E-state index in [-0.39, 0.29) is 24.7 Å². The molecule has 0 bridgehead atoms. The van der Waals surface area contributed by atoms with Gasteiger partial charge in [0.15, 0.2) is 5.17 Å². The van der Waals surface area contributed by atoms with Gasteiger partial charge in [0.1, 0.15) is 11.6 Å². The van der Waals surface area contributed by atoms with E-state index in [0.717, 1.165) is 16.8 Å². The van der Waals surface area contributed by atoms with Crippen molar-refractivity contribution in [1.82, 2.24) is 10.2 Å². The normalized spacial score (nSPS) is 17.1. The van der Waals surface area contributed by atoms with E-state index in [0.29, 0.717) is 22.2 Å². The molecule has 0 fully saturated rings. The number of amidine groups is 1. The number of methoxy groups -OCH3 is 2. The molecule has 1 amide bonds. The number of carbonyl (C=O) groups excluding carboxylic acids is 2. The van der Waals surface area contributed by atoms with Gasteiger partial charge in [-0.25, -0.2) is 14.2 Å². The molecule has 0 radical (unpaired) electrons. The fourth-order valence-corrected chi connectivity index (χ4v) is 4.84. The minimum absolute atomic E-state index is 0.0906. The fourth-order valence-electron chi connectivity index (χ4n) is 3.87. The zero-order valence-corrected chi connectivity index (χ0v) is 19.8. The number of amides is 1. The number of thioether (sulfide) groups is 1. The molecule has 0 unspecified atom stereocenters. The Morgan fingerprint density at radius 2 is 1.82 bits per heavy atom. The van der Waals surface area contributed by atoms with Crippen LogP contribution in [0.4, 0.5) is 4.39 Å². The zero-order chi connectivity index (χ0) is 24.2. The number of aliphatic imine (C=N–C) groups is 1. The van der Waals surface area contributed by atoms with E-state index >= 15 is 0 Å². The molecule has 2 aliphatic rings. The van der Waals surface area contributed by atoms with Gasteiger partial charge in [-0.05, 0) is 47.7 Å². The van der Waals surface area contributed by atoms with Crippen LogP contribution in [0.2, 0.25) is 0 Å². The summed E-state index contributed by atoms with van der Waals surface area (Å²) in [5.74, 6) is -0.301. The van der Waals surface area contributed by atoms with Crippen molar-refractivity contribution in [3.63, 3.8) is 0 Å². The number of fused-ring (bicyclic) bond motifs is 1. The Balaban J connectivity index is 1.58. The minimum Gasteiger partial charge on any atom is -0.497 e. The van der Waals surface area contributed by atoms with E-state index in [9.17, 15) is 14.0 Å². The molecule has 0 saturated carbocycles. The van der Waals surface area contributed by atoms with Gasteiger partial charge in [-0.15, -0.1) is 0 Å². The maximum Gasteiger partial charge on any atom is 0.338 e. The summed E-state index contributed by atoms with van der Waals surface area (Å²) in [7, 11) is 2.93. The summed E-state index contributed by atoms with van der Waals surface area (Å²) in [4.78, 5) is 32.0. The second kappa shape index (κ2) is 10.1. The first-order valence-corrected chi connectivity index (χ1v) is 11.5. The predicted molar refractivity (Wildman–Crippen MR) is 128 cm³/mol. The summed E-state index contributed by atoms with van der Waals surface area (Å²) in [5, 5.41) is 5.43. The van der Waals surface area contributed by atoms with Gasteiger partial charge >= 0.3 is 5.97 Å². The summed E-state index contributed by atoms with van der Waals surface area (Å²) in [5.41, 5.74) is 3.34. The van der Waals surface area contributed by atoms with Crippen LogP contribution in [0.3, 0.4) is 0 Å². The Labute approximate surface area is 201 Å². The zero-order valence-electron chi connectivity index (χ0n) is 19.0. The van der Waals surface area contributed by atoms with Gasteiger partial charge in [-0.2, -0.15) is 0 Å². The van der Waals surface area contributed by atoms with Gasteiger partial charge in [0.05, 0.1) is 38.0 Å². The number of nitrogens with one attached hydrogen (secondary N) is 1. The third-order valence-electron chi connectivity index (χ3n) is 5.58. The number of halogens is 1. The highest BCUT2D eigenvalue weighted by Gasteiger charge is 2.40. The quantitative estimate of drug-likeness (QED) is 0.595. The lowest BCUT2D eigenvalue weighted by Gasteiger charge is -2.36. The first-order chi connectivity index (χ1) is 16.4. The van der Waals surface area contributed by atoms with Gasteiger partial charge in [-0.1, -0.05) is 36.0 Å². The number of nitrogens with zero attached hydrogens (tertiary/aromatic N) is 2. The average molecular weight is 482 g/mol. The number of hydrogen-bond donors (Lipinski definition) is 1. The number of hydrogen-bond acceptors (Lipinski definition) is 7. The number of rotatable bonds is 7. The average Bonchev–Trinajstić information content (AvgIpc) is 3.24. The highest BCUT2D eigenvalue weighted by atomic mass is 32.2. The monoisotopic (exact) mass is 481 g/mol. The second-order valence-corrected chi connectivity index (χ2v) is 8.57. The van der Waals surface area contributed by atoms with Crippen LogP contribution < -0.4 is 10.1 Å². The molecular weight excluding hydrogens is 457 g/mol. The molecule has 1 N–H and O–H groups in total. The number of benzene rings is 2. The summed E-state index contributed by atoms with van der Waals surface area (Å²) in [6.07, 6.45) is 0.0906. The molecule has 2 heterocycles. The molecule has 0 spiro atoms. The molecule has 0 saturated heterocycles. The Bertz CT molecular complexity index is 1190. The maximum atomic E-state index is 13.1. The molecule has 2 aromatic carbocycles. The molecular formula is C25H24FN3O4S. The molecule has 2 aliphatic heterocycles.